The summed E-state index contributed by atoms with van der Waals surface area (Å²) in [5.41, 5.74) is -0.219. The Balaban J connectivity index is 2.66. The molecule has 2 N–H and O–H groups in total. The molecule has 6 nitrogen and oxygen atoms in total. The van der Waals surface area contributed by atoms with Gasteiger partial charge in [0.05, 0.1) is 11.9 Å². The predicted octanol–water partition coefficient (Wildman–Crippen LogP) is 0.468. The highest BCUT2D eigenvalue weighted by Gasteiger charge is 2.38. The molecule has 0 saturated heterocycles. The van der Waals surface area contributed by atoms with E-state index in [0.717, 1.165) is 17.1 Å². The summed E-state index contributed by atoms with van der Waals surface area (Å²) >= 11 is 0. The number of carboxylic acid groups (broad SMARTS) is 1. The van der Waals surface area contributed by atoms with Crippen molar-refractivity contribution in [2.24, 2.45) is 0 Å². The van der Waals surface area contributed by atoms with Gasteiger partial charge in [0, 0.05) is 6.20 Å². The van der Waals surface area contributed by atoms with E-state index in [1.54, 1.807) is 0 Å². The van der Waals surface area contributed by atoms with Crippen LogP contribution in [0.25, 0.3) is 0 Å². The number of rotatable bonds is 3. The smallest absolute Gasteiger partial charge is 0.471 e. The summed E-state index contributed by atoms with van der Waals surface area (Å²) in [4.78, 5) is 20.7. The molecule has 1 aromatic rings. The summed E-state index contributed by atoms with van der Waals surface area (Å²) in [5.74, 6) is -3.33. The Morgan fingerprint density at radius 2 is 2.12 bits per heavy atom. The maximum Gasteiger partial charge on any atom is 0.471 e. The molecule has 0 radical (unpaired) electrons. The first-order valence-corrected chi connectivity index (χ1v) is 3.91. The number of nitrogens with one attached hydrogen (secondary N) is 1. The molecular weight excluding hydrogens is 231 g/mol. The number of carbonyl (C=O) groups is 2. The number of hydrogen-bond acceptors (Lipinski definition) is 3. The van der Waals surface area contributed by atoms with Gasteiger partial charge >= 0.3 is 18.1 Å². The van der Waals surface area contributed by atoms with Gasteiger partial charge in [0.15, 0.2) is 0 Å². The van der Waals surface area contributed by atoms with Crippen LogP contribution >= 0.6 is 0 Å². The number of aromatic nitrogens is 2. The van der Waals surface area contributed by atoms with Crippen molar-refractivity contribution >= 4 is 17.6 Å². The minimum absolute atomic E-state index is 0.219. The summed E-state index contributed by atoms with van der Waals surface area (Å²) < 4.78 is 36.3. The fourth-order valence-corrected chi connectivity index (χ4v) is 0.855. The minimum Gasteiger partial charge on any atom is -0.480 e. The van der Waals surface area contributed by atoms with Gasteiger partial charge in [0.25, 0.3) is 0 Å². The van der Waals surface area contributed by atoms with Gasteiger partial charge in [-0.1, -0.05) is 0 Å². The predicted molar refractivity (Wildman–Crippen MR) is 44.5 cm³/mol. The highest BCUT2D eigenvalue weighted by molar-refractivity contribution is 5.94. The third-order valence-corrected chi connectivity index (χ3v) is 1.45. The molecule has 1 aromatic heterocycles. The van der Waals surface area contributed by atoms with Crippen LogP contribution < -0.4 is 5.32 Å². The molecule has 1 heterocycles. The van der Waals surface area contributed by atoms with Crippen LogP contribution in [0.3, 0.4) is 0 Å². The minimum atomic E-state index is -4.99. The second-order valence-electron chi connectivity index (χ2n) is 2.77. The molecule has 1 amide bonds. The summed E-state index contributed by atoms with van der Waals surface area (Å²) in [6.45, 7) is -0.498. The summed E-state index contributed by atoms with van der Waals surface area (Å²) in [5, 5.41) is 13.3. The SMILES string of the molecule is O=C(O)Cn1cc(NC(=O)C(F)(F)F)cn1. The standard InChI is InChI=1S/C7H6F3N3O3/c8-7(9,10)6(16)12-4-1-11-13(2-4)3-5(14)15/h1-2H,3H2,(H,12,16)(H,14,15). The second-order valence-corrected chi connectivity index (χ2v) is 2.77. The fraction of sp³-hybridized carbons (Fsp3) is 0.286. The number of halogens is 3. The third-order valence-electron chi connectivity index (χ3n) is 1.45. The maximum atomic E-state index is 11.8. The Kier molecular flexibility index (Phi) is 3.16. The molecule has 16 heavy (non-hydrogen) atoms. The van der Waals surface area contributed by atoms with Crippen molar-refractivity contribution in [3.63, 3.8) is 0 Å². The first kappa shape index (κ1) is 12.0. The average Bonchev–Trinajstić information content (AvgIpc) is 2.49. The lowest BCUT2D eigenvalue weighted by atomic mass is 10.5. The van der Waals surface area contributed by atoms with Gasteiger partial charge in [-0.15, -0.1) is 0 Å². The first-order chi connectivity index (χ1) is 7.29. The lowest BCUT2D eigenvalue weighted by molar-refractivity contribution is -0.167. The number of hydrogen-bond donors (Lipinski definition) is 2. The van der Waals surface area contributed by atoms with Crippen LogP contribution in [0.2, 0.25) is 0 Å². The highest BCUT2D eigenvalue weighted by atomic mass is 19.4. The van der Waals surface area contributed by atoms with E-state index in [4.69, 9.17) is 5.11 Å². The molecule has 0 aliphatic heterocycles. The summed E-state index contributed by atoms with van der Waals surface area (Å²) in [7, 11) is 0. The van der Waals surface area contributed by atoms with Crippen molar-refractivity contribution < 1.29 is 27.9 Å². The quantitative estimate of drug-likeness (QED) is 0.800. The number of nitrogens with zero attached hydrogens (tertiary/aromatic N) is 2. The molecule has 0 atom stereocenters. The van der Waals surface area contributed by atoms with Crippen molar-refractivity contribution in [1.29, 1.82) is 0 Å². The normalized spacial score (nSPS) is 11.2. The number of amides is 1. The molecule has 0 aliphatic carbocycles. The van der Waals surface area contributed by atoms with Gasteiger partial charge < -0.3 is 10.4 Å². The van der Waals surface area contributed by atoms with Gasteiger partial charge in [0.1, 0.15) is 6.54 Å². The van der Waals surface area contributed by atoms with Crippen molar-refractivity contribution in [1.82, 2.24) is 9.78 Å². The van der Waals surface area contributed by atoms with E-state index in [1.807, 2.05) is 0 Å². The Hall–Kier alpha value is -2.06. The number of carboxylic acids is 1. The van der Waals surface area contributed by atoms with E-state index in [1.165, 1.54) is 5.32 Å². The number of anilines is 1. The molecule has 0 saturated carbocycles. The van der Waals surface area contributed by atoms with Crippen LogP contribution in [0, 0.1) is 0 Å². The largest absolute Gasteiger partial charge is 0.480 e. The number of carbonyl (C=O) groups excluding carboxylic acids is 1. The van der Waals surface area contributed by atoms with Crippen LogP contribution in [0.1, 0.15) is 0 Å². The van der Waals surface area contributed by atoms with Crippen LogP contribution in [0.15, 0.2) is 12.4 Å². The molecule has 88 valence electrons. The molecule has 0 bridgehead atoms. The zero-order valence-corrected chi connectivity index (χ0v) is 7.65. The maximum absolute atomic E-state index is 11.8. The molecule has 0 aliphatic rings. The van der Waals surface area contributed by atoms with Gasteiger partial charge in [-0.3, -0.25) is 14.3 Å². The molecule has 0 aromatic carbocycles. The summed E-state index contributed by atoms with van der Waals surface area (Å²) in [6.07, 6.45) is -3.08. The van der Waals surface area contributed by atoms with Crippen molar-refractivity contribution in [3.05, 3.63) is 12.4 Å². The second kappa shape index (κ2) is 4.21. The van der Waals surface area contributed by atoms with E-state index in [0.29, 0.717) is 0 Å². The zero-order valence-electron chi connectivity index (χ0n) is 7.65. The molecule has 0 spiro atoms. The topological polar surface area (TPSA) is 84.2 Å². The average molecular weight is 237 g/mol. The Morgan fingerprint density at radius 3 is 2.62 bits per heavy atom. The van der Waals surface area contributed by atoms with Crippen molar-refractivity contribution in [3.8, 4) is 0 Å². The van der Waals surface area contributed by atoms with E-state index in [2.05, 4.69) is 5.10 Å². The lowest BCUT2D eigenvalue weighted by Gasteiger charge is -2.04. The van der Waals surface area contributed by atoms with Crippen LogP contribution in [-0.4, -0.2) is 32.9 Å². The summed E-state index contributed by atoms with van der Waals surface area (Å²) in [6, 6.07) is 0. The van der Waals surface area contributed by atoms with E-state index >= 15 is 0 Å². The Morgan fingerprint density at radius 1 is 1.50 bits per heavy atom. The molecular formula is C7H6F3N3O3. The van der Waals surface area contributed by atoms with Gasteiger partial charge in [-0.05, 0) is 0 Å². The first-order valence-electron chi connectivity index (χ1n) is 3.91. The van der Waals surface area contributed by atoms with Crippen LogP contribution in [0.5, 0.6) is 0 Å². The third kappa shape index (κ3) is 3.26. The highest BCUT2D eigenvalue weighted by Crippen LogP contribution is 2.17. The number of aliphatic carboxylic acids is 1. The zero-order chi connectivity index (χ0) is 12.3. The molecule has 0 unspecified atom stereocenters. The van der Waals surface area contributed by atoms with Gasteiger partial charge in [0.2, 0.25) is 0 Å². The van der Waals surface area contributed by atoms with Gasteiger partial charge in [-0.25, -0.2) is 0 Å². The fourth-order valence-electron chi connectivity index (χ4n) is 0.855. The molecule has 9 heteroatoms. The van der Waals surface area contributed by atoms with E-state index < -0.39 is 24.6 Å². The van der Waals surface area contributed by atoms with Crippen LogP contribution in [-0.2, 0) is 16.1 Å². The lowest BCUT2D eigenvalue weighted by Crippen LogP contribution is -2.29. The molecule has 1 rings (SSSR count). The molecule has 0 fully saturated rings. The van der Waals surface area contributed by atoms with Crippen molar-refractivity contribution in [2.75, 3.05) is 5.32 Å². The van der Waals surface area contributed by atoms with Crippen LogP contribution in [0.4, 0.5) is 18.9 Å². The van der Waals surface area contributed by atoms with Gasteiger partial charge in [-0.2, -0.15) is 18.3 Å². The van der Waals surface area contributed by atoms with Crippen molar-refractivity contribution in [2.45, 2.75) is 12.7 Å². The monoisotopic (exact) mass is 237 g/mol. The number of alkyl halides is 3. The Labute approximate surface area is 86.7 Å². The van der Waals surface area contributed by atoms with E-state index in [9.17, 15) is 22.8 Å². The van der Waals surface area contributed by atoms with E-state index in [-0.39, 0.29) is 5.69 Å². The Bertz CT molecular complexity index is 412.